The maximum atomic E-state index is 13.0. The summed E-state index contributed by atoms with van der Waals surface area (Å²) in [6.45, 7) is 4.89. The average Bonchev–Trinajstić information content (AvgIpc) is 3.47. The molecule has 2 aromatic rings. The number of fused-ring (bicyclic) bond motifs is 3. The quantitative estimate of drug-likeness (QED) is 0.701. The van der Waals surface area contributed by atoms with Gasteiger partial charge in [0.2, 0.25) is 0 Å². The third-order valence-electron chi connectivity index (χ3n) is 8.48. The van der Waals surface area contributed by atoms with E-state index in [-0.39, 0.29) is 0 Å². The van der Waals surface area contributed by atoms with Crippen LogP contribution in [0.4, 0.5) is 5.82 Å². The number of hydrogen-bond acceptors (Lipinski definition) is 8. The average molecular weight is 452 g/mol. The molecule has 1 spiro atoms. The molecule has 0 N–H and O–H groups in total. The standard InChI is InChI=1S/C25H33N5O3/c1-16(18-8-6-12-29(18)2)30-13-14-32-19-15-26-23(27-24(19)30)21-17-7-5-11-25(22(17)33-28-21)10-4-3-9-20(25)31/h15-16,18H,3-14H2,1-2H3/t16?,18-,25+/m0/s1. The van der Waals surface area contributed by atoms with E-state index in [1.165, 1.54) is 12.8 Å². The lowest BCUT2D eigenvalue weighted by atomic mass is 9.64. The van der Waals surface area contributed by atoms with Crippen molar-refractivity contribution in [3.63, 3.8) is 0 Å². The summed E-state index contributed by atoms with van der Waals surface area (Å²) >= 11 is 0. The summed E-state index contributed by atoms with van der Waals surface area (Å²) < 4.78 is 11.8. The van der Waals surface area contributed by atoms with Crippen molar-refractivity contribution in [3.8, 4) is 17.3 Å². The number of likely N-dealkylation sites (N-methyl/N-ethyl adjacent to an activating group) is 1. The molecule has 176 valence electrons. The van der Waals surface area contributed by atoms with Crippen LogP contribution in [0.2, 0.25) is 0 Å². The molecule has 0 aromatic carbocycles. The second-order valence-corrected chi connectivity index (χ2v) is 10.3. The van der Waals surface area contributed by atoms with Gasteiger partial charge in [-0.1, -0.05) is 11.6 Å². The topological polar surface area (TPSA) is 84.6 Å². The predicted molar refractivity (Wildman–Crippen MR) is 124 cm³/mol. The number of ketones is 1. The Labute approximate surface area is 194 Å². The first-order chi connectivity index (χ1) is 16.1. The molecule has 4 heterocycles. The van der Waals surface area contributed by atoms with Gasteiger partial charge in [-0.3, -0.25) is 4.79 Å². The fraction of sp³-hybridized carbons (Fsp3) is 0.680. The maximum absolute atomic E-state index is 13.0. The predicted octanol–water partition coefficient (Wildman–Crippen LogP) is 3.53. The molecule has 2 fully saturated rings. The third-order valence-corrected chi connectivity index (χ3v) is 8.48. The number of hydrogen-bond donors (Lipinski definition) is 0. The molecule has 4 aliphatic rings. The molecular formula is C25H33N5O3. The summed E-state index contributed by atoms with van der Waals surface area (Å²) in [5, 5.41) is 4.44. The third kappa shape index (κ3) is 3.28. The number of anilines is 1. The second kappa shape index (κ2) is 8.08. The Balaban J connectivity index is 1.37. The lowest BCUT2D eigenvalue weighted by Crippen LogP contribution is -2.49. The largest absolute Gasteiger partial charge is 0.486 e. The van der Waals surface area contributed by atoms with E-state index < -0.39 is 5.41 Å². The van der Waals surface area contributed by atoms with Gasteiger partial charge in [-0.05, 0) is 65.5 Å². The lowest BCUT2D eigenvalue weighted by molar-refractivity contribution is -0.128. The van der Waals surface area contributed by atoms with Gasteiger partial charge in [-0.25, -0.2) is 9.97 Å². The van der Waals surface area contributed by atoms with Crippen LogP contribution in [-0.2, 0) is 16.6 Å². The fourth-order valence-corrected chi connectivity index (χ4v) is 6.66. The van der Waals surface area contributed by atoms with Crippen molar-refractivity contribution >= 4 is 11.6 Å². The molecule has 33 heavy (non-hydrogen) atoms. The molecule has 1 saturated carbocycles. The van der Waals surface area contributed by atoms with Crippen molar-refractivity contribution in [2.45, 2.75) is 82.2 Å². The van der Waals surface area contributed by atoms with Gasteiger partial charge in [-0.2, -0.15) is 0 Å². The zero-order valence-corrected chi connectivity index (χ0v) is 19.7. The number of Topliss-reactive ketones (excluding diaryl/α,β-unsaturated/α-hetero) is 1. The van der Waals surface area contributed by atoms with Crippen molar-refractivity contribution in [1.29, 1.82) is 0 Å². The molecule has 6 rings (SSSR count). The highest BCUT2D eigenvalue weighted by Crippen LogP contribution is 2.47. The zero-order chi connectivity index (χ0) is 22.6. The summed E-state index contributed by atoms with van der Waals surface area (Å²) in [4.78, 5) is 27.4. The Hall–Kier alpha value is -2.48. The number of rotatable bonds is 3. The van der Waals surface area contributed by atoms with Crippen LogP contribution in [0.15, 0.2) is 10.7 Å². The van der Waals surface area contributed by atoms with Crippen molar-refractivity contribution in [2.75, 3.05) is 31.6 Å². The van der Waals surface area contributed by atoms with Crippen LogP contribution in [0.5, 0.6) is 5.75 Å². The van der Waals surface area contributed by atoms with Crippen LogP contribution in [0.1, 0.15) is 69.6 Å². The fourth-order valence-electron chi connectivity index (χ4n) is 6.66. The number of nitrogens with zero attached hydrogens (tertiary/aromatic N) is 5. The maximum Gasteiger partial charge on any atom is 0.184 e. The first kappa shape index (κ1) is 21.1. The first-order valence-electron chi connectivity index (χ1n) is 12.6. The van der Waals surface area contributed by atoms with E-state index in [0.717, 1.165) is 74.5 Å². The van der Waals surface area contributed by atoms with Crippen LogP contribution in [0, 0.1) is 0 Å². The molecule has 0 radical (unpaired) electrons. The summed E-state index contributed by atoms with van der Waals surface area (Å²) in [7, 11) is 2.21. The number of aromatic nitrogens is 3. The number of carbonyl (C=O) groups excluding carboxylic acids is 1. The van der Waals surface area contributed by atoms with Gasteiger partial charge in [0, 0.05) is 24.1 Å². The van der Waals surface area contributed by atoms with Crippen molar-refractivity contribution < 1.29 is 14.1 Å². The Kier molecular flexibility index (Phi) is 5.16. The lowest BCUT2D eigenvalue weighted by Gasteiger charge is -2.39. The van der Waals surface area contributed by atoms with Gasteiger partial charge < -0.3 is 19.1 Å². The molecule has 2 aliphatic carbocycles. The van der Waals surface area contributed by atoms with Crippen molar-refractivity contribution in [3.05, 3.63) is 17.5 Å². The van der Waals surface area contributed by atoms with E-state index in [2.05, 4.69) is 33.9 Å². The van der Waals surface area contributed by atoms with E-state index in [4.69, 9.17) is 14.2 Å². The van der Waals surface area contributed by atoms with Crippen molar-refractivity contribution in [2.24, 2.45) is 0 Å². The molecule has 3 atom stereocenters. The van der Waals surface area contributed by atoms with Gasteiger partial charge in [0.15, 0.2) is 28.8 Å². The normalized spacial score (nSPS) is 28.5. The minimum atomic E-state index is -0.484. The zero-order valence-electron chi connectivity index (χ0n) is 19.7. The van der Waals surface area contributed by atoms with Gasteiger partial charge in [0.1, 0.15) is 12.4 Å². The number of likely N-dealkylation sites (tertiary alicyclic amines) is 1. The van der Waals surface area contributed by atoms with E-state index in [9.17, 15) is 4.79 Å². The number of ether oxygens (including phenoxy) is 1. The van der Waals surface area contributed by atoms with Gasteiger partial charge >= 0.3 is 0 Å². The highest BCUT2D eigenvalue weighted by atomic mass is 16.5. The summed E-state index contributed by atoms with van der Waals surface area (Å²) in [6, 6.07) is 0.837. The molecule has 1 saturated heterocycles. The van der Waals surface area contributed by atoms with Crippen LogP contribution in [-0.4, -0.2) is 64.6 Å². The molecule has 8 heteroatoms. The smallest absolute Gasteiger partial charge is 0.184 e. The minimum Gasteiger partial charge on any atom is -0.486 e. The summed E-state index contributed by atoms with van der Waals surface area (Å²) in [5.41, 5.74) is 1.24. The van der Waals surface area contributed by atoms with E-state index in [1.54, 1.807) is 6.20 Å². The van der Waals surface area contributed by atoms with Crippen LogP contribution in [0.3, 0.4) is 0 Å². The summed E-state index contributed by atoms with van der Waals surface area (Å²) in [6.07, 6.45) is 10.5. The summed E-state index contributed by atoms with van der Waals surface area (Å²) in [5.74, 6) is 3.24. The molecule has 2 aliphatic heterocycles. The molecule has 2 aromatic heterocycles. The molecular weight excluding hydrogens is 418 g/mol. The first-order valence-corrected chi connectivity index (χ1v) is 12.6. The van der Waals surface area contributed by atoms with Crippen LogP contribution < -0.4 is 9.64 Å². The monoisotopic (exact) mass is 451 g/mol. The Morgan fingerprint density at radius 1 is 1.15 bits per heavy atom. The minimum absolute atomic E-state index is 0.317. The van der Waals surface area contributed by atoms with Gasteiger partial charge in [0.05, 0.1) is 18.2 Å². The Morgan fingerprint density at radius 3 is 2.85 bits per heavy atom. The highest BCUT2D eigenvalue weighted by molar-refractivity contribution is 5.91. The molecule has 0 bridgehead atoms. The van der Waals surface area contributed by atoms with Crippen molar-refractivity contribution in [1.82, 2.24) is 20.0 Å². The number of carbonyl (C=O) groups is 1. The Bertz CT molecular complexity index is 1070. The van der Waals surface area contributed by atoms with E-state index >= 15 is 0 Å². The molecule has 8 nitrogen and oxygen atoms in total. The second-order valence-electron chi connectivity index (χ2n) is 10.3. The molecule has 0 amide bonds. The van der Waals surface area contributed by atoms with Crippen LogP contribution in [0.25, 0.3) is 11.5 Å². The molecule has 1 unspecified atom stereocenters. The van der Waals surface area contributed by atoms with Gasteiger partial charge in [0.25, 0.3) is 0 Å². The highest BCUT2D eigenvalue weighted by Gasteiger charge is 2.48. The van der Waals surface area contributed by atoms with E-state index in [1.807, 2.05) is 0 Å². The van der Waals surface area contributed by atoms with Crippen LogP contribution >= 0.6 is 0 Å². The van der Waals surface area contributed by atoms with E-state index in [0.29, 0.717) is 42.4 Å². The Morgan fingerprint density at radius 2 is 2.03 bits per heavy atom. The van der Waals surface area contributed by atoms with Gasteiger partial charge in [-0.15, -0.1) is 0 Å². The SMILES string of the molecule is CC([C@@H]1CCCN1C)N1CCOc2cnc(-c3noc4c3CCC[C@@]43CCCCC3=O)nc21.